The summed E-state index contributed by atoms with van der Waals surface area (Å²) in [6.07, 6.45) is 14.2. The van der Waals surface area contributed by atoms with Gasteiger partial charge in [-0.15, -0.1) is 0 Å². The van der Waals surface area contributed by atoms with Crippen molar-refractivity contribution >= 4 is 18.0 Å². The molecular weight excluding hydrogens is 600 g/mol. The van der Waals surface area contributed by atoms with Crippen molar-refractivity contribution in [2.45, 2.75) is 146 Å². The van der Waals surface area contributed by atoms with Crippen LogP contribution < -0.4 is 5.32 Å². The molecule has 1 amide bonds. The minimum absolute atomic E-state index is 0.0879. The molecule has 6 fully saturated rings. The number of unbranched alkanes of at least 4 members (excludes halogenated alkanes) is 4. The van der Waals surface area contributed by atoms with Gasteiger partial charge in [0, 0.05) is 25.8 Å². The van der Waals surface area contributed by atoms with Crippen LogP contribution in [0.15, 0.2) is 30.3 Å². The van der Waals surface area contributed by atoms with Gasteiger partial charge in [0.15, 0.2) is 11.8 Å². The highest BCUT2D eigenvalue weighted by atomic mass is 16.8. The van der Waals surface area contributed by atoms with Gasteiger partial charge in [0.05, 0.1) is 25.4 Å². The van der Waals surface area contributed by atoms with Gasteiger partial charge in [0.25, 0.3) is 0 Å². The van der Waals surface area contributed by atoms with Crippen molar-refractivity contribution in [2.75, 3.05) is 13.2 Å². The van der Waals surface area contributed by atoms with Gasteiger partial charge in [-0.1, -0.05) is 75.9 Å². The molecule has 4 saturated heterocycles. The Morgan fingerprint density at radius 2 is 1.79 bits per heavy atom. The molecule has 0 aromatic heterocycles. The number of aliphatic hydroxyl groups excluding tert-OH is 1. The summed E-state index contributed by atoms with van der Waals surface area (Å²) in [6, 6.07) is 7.18. The number of fused-ring (bicyclic) bond motifs is 5. The van der Waals surface area contributed by atoms with Crippen LogP contribution in [0, 0.1) is 11.3 Å². The number of aliphatic hydroxyl groups is 1. The molecule has 1 aromatic carbocycles. The van der Waals surface area contributed by atoms with Crippen LogP contribution in [0.2, 0.25) is 0 Å². The molecule has 10 nitrogen and oxygen atoms in total. The average Bonchev–Trinajstić information content (AvgIpc) is 3.62. The molecule has 2 saturated carbocycles. The predicted octanol–water partition coefficient (Wildman–Crippen LogP) is 4.82. The molecule has 9 unspecified atom stereocenters. The molecule has 4 heterocycles. The van der Waals surface area contributed by atoms with E-state index in [0.29, 0.717) is 24.7 Å². The standard InChI is InChI=1S/C37H52N2O8/c1-3-5-9-17-36(18-10-6-4-2)45-30-29-22-37(35(42)38-19-20-40)32(34(41)44-29)39(47-33(37)31(30)46-36)23-26-12-8-7-11-25(26)15-13-24-14-16-27-28(21-24)43-27/h7-8,11-13,15,24,27-33,40H,3-6,9-10,14,16-23H2,1-2H3,(H,38,42). The van der Waals surface area contributed by atoms with Gasteiger partial charge < -0.3 is 29.4 Å². The maximum absolute atomic E-state index is 14.2. The summed E-state index contributed by atoms with van der Waals surface area (Å²) in [5.41, 5.74) is 0.805. The summed E-state index contributed by atoms with van der Waals surface area (Å²) in [7, 11) is 0. The van der Waals surface area contributed by atoms with E-state index >= 15 is 0 Å². The smallest absolute Gasteiger partial charge is 0.327 e. The van der Waals surface area contributed by atoms with E-state index in [-0.39, 0.29) is 25.5 Å². The van der Waals surface area contributed by atoms with E-state index in [1.54, 1.807) is 5.06 Å². The topological polar surface area (TPSA) is 119 Å². The monoisotopic (exact) mass is 652 g/mol. The number of amides is 1. The fourth-order valence-corrected chi connectivity index (χ4v) is 8.89. The number of hydrogen-bond acceptors (Lipinski definition) is 9. The van der Waals surface area contributed by atoms with Gasteiger partial charge in [-0.2, -0.15) is 5.06 Å². The van der Waals surface area contributed by atoms with Crippen LogP contribution in [0.1, 0.15) is 102 Å². The van der Waals surface area contributed by atoms with E-state index in [0.717, 1.165) is 81.8 Å². The number of nitrogens with zero attached hydrogens (tertiary/aromatic N) is 1. The Kier molecular flexibility index (Phi) is 9.80. The van der Waals surface area contributed by atoms with Gasteiger partial charge in [0.1, 0.15) is 29.8 Å². The lowest BCUT2D eigenvalue weighted by Gasteiger charge is -2.48. The first-order valence-electron chi connectivity index (χ1n) is 18.2. The van der Waals surface area contributed by atoms with Crippen LogP contribution in [0.5, 0.6) is 0 Å². The minimum Gasteiger partial charge on any atom is -0.458 e. The Labute approximate surface area is 278 Å². The molecule has 4 aliphatic heterocycles. The molecule has 6 aliphatic rings. The largest absolute Gasteiger partial charge is 0.458 e. The number of rotatable bonds is 15. The first-order chi connectivity index (χ1) is 22.9. The number of esters is 1. The van der Waals surface area contributed by atoms with E-state index in [4.69, 9.17) is 23.8 Å². The Hall–Kier alpha value is -2.34. The van der Waals surface area contributed by atoms with E-state index in [1.165, 1.54) is 0 Å². The number of benzene rings is 1. The fraction of sp³-hybridized carbons (Fsp3) is 0.730. The van der Waals surface area contributed by atoms with Crippen LogP contribution in [0.25, 0.3) is 6.08 Å². The molecular formula is C37H52N2O8. The average molecular weight is 653 g/mol. The molecule has 0 spiro atoms. The third-order valence-corrected chi connectivity index (χ3v) is 11.4. The highest BCUT2D eigenvalue weighted by Gasteiger charge is 2.76. The zero-order valence-electron chi connectivity index (χ0n) is 27.9. The summed E-state index contributed by atoms with van der Waals surface area (Å²) in [4.78, 5) is 34.9. The molecule has 2 N–H and O–H groups in total. The van der Waals surface area contributed by atoms with Crippen LogP contribution in [-0.4, -0.2) is 83.7 Å². The van der Waals surface area contributed by atoms with Crippen molar-refractivity contribution in [3.63, 3.8) is 0 Å². The molecule has 258 valence electrons. The Morgan fingerprint density at radius 1 is 1.02 bits per heavy atom. The first-order valence-corrected chi connectivity index (χ1v) is 18.2. The van der Waals surface area contributed by atoms with Crippen molar-refractivity contribution in [1.29, 1.82) is 0 Å². The first kappa shape index (κ1) is 33.2. The van der Waals surface area contributed by atoms with Gasteiger partial charge in [-0.05, 0) is 49.1 Å². The van der Waals surface area contributed by atoms with Crippen LogP contribution >= 0.6 is 0 Å². The SMILES string of the molecule is CCCCCC1(CCCCC)OC2C3CC4(C(=O)NCCO)C(ON(Cc5ccccc5C=CC5CCC6OC6C5)C4C(=O)O3)C2O1. The fourth-order valence-electron chi connectivity index (χ4n) is 8.89. The third-order valence-electron chi connectivity index (χ3n) is 11.4. The number of ether oxygens (including phenoxy) is 4. The number of carbonyl (C=O) groups is 2. The van der Waals surface area contributed by atoms with Gasteiger partial charge in [-0.25, -0.2) is 0 Å². The number of allylic oxidation sites excluding steroid dienone is 1. The van der Waals surface area contributed by atoms with Crippen molar-refractivity contribution in [1.82, 2.24) is 10.4 Å². The zero-order chi connectivity index (χ0) is 32.6. The normalized spacial score (nSPS) is 36.6. The van der Waals surface area contributed by atoms with Gasteiger partial charge >= 0.3 is 5.97 Å². The van der Waals surface area contributed by atoms with Crippen molar-refractivity contribution < 1.29 is 38.5 Å². The number of nitrogens with one attached hydrogen (secondary N) is 1. The summed E-state index contributed by atoms with van der Waals surface area (Å²) >= 11 is 0. The third kappa shape index (κ3) is 6.30. The van der Waals surface area contributed by atoms with Crippen LogP contribution in [-0.2, 0) is 39.9 Å². The summed E-state index contributed by atoms with van der Waals surface area (Å²) in [5.74, 6) is -1.12. The summed E-state index contributed by atoms with van der Waals surface area (Å²) in [6.45, 7) is 4.54. The predicted molar refractivity (Wildman–Crippen MR) is 173 cm³/mol. The van der Waals surface area contributed by atoms with E-state index in [1.807, 2.05) is 18.2 Å². The number of hydroxylamine groups is 2. The maximum Gasteiger partial charge on any atom is 0.327 e. The van der Waals surface area contributed by atoms with Crippen molar-refractivity contribution in [2.24, 2.45) is 11.3 Å². The maximum atomic E-state index is 14.2. The van der Waals surface area contributed by atoms with Crippen LogP contribution in [0.4, 0.5) is 0 Å². The summed E-state index contributed by atoms with van der Waals surface area (Å²) in [5, 5.41) is 14.1. The molecule has 10 heteroatoms. The second kappa shape index (κ2) is 13.9. The Balaban J connectivity index is 1.18. The molecule has 0 radical (unpaired) electrons. The quantitative estimate of drug-likeness (QED) is 0.156. The lowest BCUT2D eigenvalue weighted by atomic mass is 9.62. The number of hydrogen-bond donors (Lipinski definition) is 2. The highest BCUT2D eigenvalue weighted by Crippen LogP contribution is 2.58. The van der Waals surface area contributed by atoms with E-state index in [2.05, 4.69) is 37.4 Å². The highest BCUT2D eigenvalue weighted by molar-refractivity contribution is 5.93. The van der Waals surface area contributed by atoms with E-state index in [9.17, 15) is 14.7 Å². The Bertz CT molecular complexity index is 1310. The molecule has 2 aliphatic carbocycles. The number of epoxide rings is 1. The van der Waals surface area contributed by atoms with Crippen LogP contribution in [0.3, 0.4) is 0 Å². The number of carbonyl (C=O) groups excluding carboxylic acids is 2. The lowest BCUT2D eigenvalue weighted by Crippen LogP contribution is -2.69. The summed E-state index contributed by atoms with van der Waals surface area (Å²) < 4.78 is 25.7. The van der Waals surface area contributed by atoms with Crippen molar-refractivity contribution in [3.05, 3.63) is 41.5 Å². The zero-order valence-corrected chi connectivity index (χ0v) is 27.9. The molecule has 1 aromatic rings. The molecule has 47 heavy (non-hydrogen) atoms. The van der Waals surface area contributed by atoms with Gasteiger partial charge in [0.2, 0.25) is 5.91 Å². The molecule has 7 rings (SSSR count). The second-order valence-corrected chi connectivity index (χ2v) is 14.5. The Morgan fingerprint density at radius 3 is 2.53 bits per heavy atom. The molecule has 2 bridgehead atoms. The van der Waals surface area contributed by atoms with Gasteiger partial charge in [-0.3, -0.25) is 14.4 Å². The van der Waals surface area contributed by atoms with E-state index < -0.39 is 47.6 Å². The molecule has 9 atom stereocenters. The lowest BCUT2D eigenvalue weighted by molar-refractivity contribution is -0.224. The van der Waals surface area contributed by atoms with Crippen molar-refractivity contribution in [3.8, 4) is 0 Å². The minimum atomic E-state index is -1.24. The second-order valence-electron chi connectivity index (χ2n) is 14.5.